The molecule has 35 heavy (non-hydrogen) atoms. The van der Waals surface area contributed by atoms with E-state index in [1.165, 1.54) is 35.9 Å². The number of anilines is 1. The minimum absolute atomic E-state index is 0.132. The molecule has 0 radical (unpaired) electrons. The number of nitrogens with two attached hydrogens (primary N) is 1. The standard InChI is InChI=1S/C26H25FN6O2/c1-17(34)32-14-12-18-5-2-3-6-21(18)24(32)15-25(35)30-13-4-7-23-22(16-28)26(29)33(31-23)20-10-8-19(27)9-11-20/h2-3,5-6,8-12,14,24H,4,7,13,15,29H2,1H3,(H,30,35)/t24-/m0/s1. The molecule has 0 bridgehead atoms. The summed E-state index contributed by atoms with van der Waals surface area (Å²) in [6, 6.07) is 15.1. The lowest BCUT2D eigenvalue weighted by Crippen LogP contribution is -2.35. The van der Waals surface area contributed by atoms with Gasteiger partial charge < -0.3 is 16.0 Å². The Bertz CT molecular complexity index is 1320. The third-order valence-corrected chi connectivity index (χ3v) is 5.94. The predicted octanol–water partition coefficient (Wildman–Crippen LogP) is 3.48. The first-order valence-corrected chi connectivity index (χ1v) is 11.2. The lowest BCUT2D eigenvalue weighted by atomic mass is 9.93. The van der Waals surface area contributed by atoms with Crippen LogP contribution in [0.25, 0.3) is 11.8 Å². The Labute approximate surface area is 202 Å². The van der Waals surface area contributed by atoms with Crippen LogP contribution in [0.4, 0.5) is 10.2 Å². The zero-order valence-corrected chi connectivity index (χ0v) is 19.2. The highest BCUT2D eigenvalue weighted by molar-refractivity contribution is 5.81. The predicted molar refractivity (Wildman–Crippen MR) is 129 cm³/mol. The maximum atomic E-state index is 13.2. The van der Waals surface area contributed by atoms with Crippen molar-refractivity contribution in [2.24, 2.45) is 0 Å². The van der Waals surface area contributed by atoms with Crippen molar-refractivity contribution in [1.82, 2.24) is 20.0 Å². The Balaban J connectivity index is 1.37. The molecule has 2 amide bonds. The summed E-state index contributed by atoms with van der Waals surface area (Å²) in [6.07, 6.45) is 4.69. The van der Waals surface area contributed by atoms with Crippen LogP contribution in [0.3, 0.4) is 0 Å². The molecule has 0 saturated heterocycles. The van der Waals surface area contributed by atoms with Crippen LogP contribution in [0.15, 0.2) is 54.7 Å². The molecule has 2 heterocycles. The van der Waals surface area contributed by atoms with E-state index in [0.29, 0.717) is 30.8 Å². The van der Waals surface area contributed by atoms with Gasteiger partial charge in [-0.15, -0.1) is 0 Å². The number of nitrogen functional groups attached to an aromatic ring is 1. The van der Waals surface area contributed by atoms with Gasteiger partial charge in [0.15, 0.2) is 0 Å². The van der Waals surface area contributed by atoms with E-state index < -0.39 is 0 Å². The van der Waals surface area contributed by atoms with Crippen molar-refractivity contribution >= 4 is 23.7 Å². The second kappa shape index (κ2) is 10.2. The fourth-order valence-electron chi connectivity index (χ4n) is 4.20. The highest BCUT2D eigenvalue weighted by atomic mass is 19.1. The van der Waals surface area contributed by atoms with Gasteiger partial charge in [-0.05, 0) is 54.3 Å². The molecule has 0 unspecified atom stereocenters. The zero-order chi connectivity index (χ0) is 24.9. The number of amides is 2. The number of rotatable bonds is 7. The zero-order valence-electron chi connectivity index (χ0n) is 19.2. The van der Waals surface area contributed by atoms with E-state index in [1.807, 2.05) is 30.3 Å². The van der Waals surface area contributed by atoms with Crippen LogP contribution in [-0.2, 0) is 16.0 Å². The molecule has 8 nitrogen and oxygen atoms in total. The number of nitrogens with one attached hydrogen (secondary N) is 1. The first kappa shape index (κ1) is 23.7. The van der Waals surface area contributed by atoms with Gasteiger partial charge in [-0.1, -0.05) is 24.3 Å². The lowest BCUT2D eigenvalue weighted by Gasteiger charge is -2.32. The molecule has 0 spiro atoms. The third kappa shape index (κ3) is 5.06. The molecule has 2 aromatic carbocycles. The maximum absolute atomic E-state index is 13.2. The quantitative estimate of drug-likeness (QED) is 0.511. The van der Waals surface area contributed by atoms with E-state index in [9.17, 15) is 19.2 Å². The van der Waals surface area contributed by atoms with Crippen molar-refractivity contribution in [2.45, 2.75) is 32.2 Å². The molecule has 0 saturated carbocycles. The Morgan fingerprint density at radius 1 is 1.20 bits per heavy atom. The molecule has 0 aliphatic carbocycles. The summed E-state index contributed by atoms with van der Waals surface area (Å²) in [4.78, 5) is 26.4. The lowest BCUT2D eigenvalue weighted by molar-refractivity contribution is -0.129. The molecule has 4 rings (SSSR count). The highest BCUT2D eigenvalue weighted by Gasteiger charge is 2.28. The topological polar surface area (TPSA) is 117 Å². The number of halogens is 1. The number of aromatic nitrogens is 2. The molecule has 1 aliphatic heterocycles. The summed E-state index contributed by atoms with van der Waals surface area (Å²) >= 11 is 0. The smallest absolute Gasteiger partial charge is 0.223 e. The number of hydrogen-bond acceptors (Lipinski definition) is 5. The molecule has 178 valence electrons. The molecule has 3 aromatic rings. The van der Waals surface area contributed by atoms with Crippen LogP contribution in [0.5, 0.6) is 0 Å². The van der Waals surface area contributed by atoms with Gasteiger partial charge in [0.05, 0.1) is 23.8 Å². The molecule has 9 heteroatoms. The SMILES string of the molecule is CC(=O)N1C=Cc2ccccc2[C@@H]1CC(=O)NCCCc1nn(-c2ccc(F)cc2)c(N)c1C#N. The number of benzene rings is 2. The number of carbonyl (C=O) groups excluding carboxylic acids is 2. The van der Waals surface area contributed by atoms with E-state index in [2.05, 4.69) is 16.5 Å². The van der Waals surface area contributed by atoms with Crippen LogP contribution in [0.1, 0.15) is 48.2 Å². The minimum Gasteiger partial charge on any atom is -0.382 e. The van der Waals surface area contributed by atoms with E-state index in [-0.39, 0.29) is 41.5 Å². The third-order valence-electron chi connectivity index (χ3n) is 5.94. The van der Waals surface area contributed by atoms with Crippen molar-refractivity contribution in [3.63, 3.8) is 0 Å². The second-order valence-corrected chi connectivity index (χ2v) is 8.25. The normalized spacial score (nSPS) is 14.3. The fourth-order valence-corrected chi connectivity index (χ4v) is 4.20. The van der Waals surface area contributed by atoms with Crippen LogP contribution in [-0.4, -0.2) is 33.0 Å². The molecular formula is C26H25FN6O2. The van der Waals surface area contributed by atoms with Crippen molar-refractivity contribution < 1.29 is 14.0 Å². The number of aryl methyl sites for hydroxylation is 1. The molecule has 0 fully saturated rings. The summed E-state index contributed by atoms with van der Waals surface area (Å²) in [7, 11) is 0. The Hall–Kier alpha value is -4.45. The Kier molecular flexibility index (Phi) is 6.92. The van der Waals surface area contributed by atoms with Gasteiger partial charge in [0.1, 0.15) is 23.3 Å². The van der Waals surface area contributed by atoms with Gasteiger partial charge in [0, 0.05) is 19.7 Å². The number of hydrogen-bond donors (Lipinski definition) is 2. The summed E-state index contributed by atoms with van der Waals surface area (Å²) in [5, 5.41) is 16.9. The summed E-state index contributed by atoms with van der Waals surface area (Å²) in [6.45, 7) is 1.85. The summed E-state index contributed by atoms with van der Waals surface area (Å²) in [5.74, 6) is -0.503. The largest absolute Gasteiger partial charge is 0.382 e. The average molecular weight is 473 g/mol. The van der Waals surface area contributed by atoms with Crippen molar-refractivity contribution in [3.05, 3.63) is 82.9 Å². The monoisotopic (exact) mass is 472 g/mol. The number of fused-ring (bicyclic) bond motifs is 1. The highest BCUT2D eigenvalue weighted by Crippen LogP contribution is 2.32. The van der Waals surface area contributed by atoms with E-state index in [4.69, 9.17) is 5.73 Å². The fraction of sp³-hybridized carbons (Fsp3) is 0.231. The van der Waals surface area contributed by atoms with Crippen molar-refractivity contribution in [3.8, 4) is 11.8 Å². The summed E-state index contributed by atoms with van der Waals surface area (Å²) in [5.41, 5.74) is 9.34. The molecule has 1 aromatic heterocycles. The van der Waals surface area contributed by atoms with Crippen LogP contribution in [0.2, 0.25) is 0 Å². The van der Waals surface area contributed by atoms with Crippen LogP contribution < -0.4 is 11.1 Å². The number of carbonyl (C=O) groups is 2. The van der Waals surface area contributed by atoms with Crippen LogP contribution >= 0.6 is 0 Å². The Morgan fingerprint density at radius 3 is 2.66 bits per heavy atom. The molecular weight excluding hydrogens is 447 g/mol. The van der Waals surface area contributed by atoms with Crippen LogP contribution in [0, 0.1) is 17.1 Å². The number of nitrogens with zero attached hydrogens (tertiary/aromatic N) is 4. The van der Waals surface area contributed by atoms with E-state index in [0.717, 1.165) is 11.1 Å². The Morgan fingerprint density at radius 2 is 1.94 bits per heavy atom. The maximum Gasteiger partial charge on any atom is 0.223 e. The first-order chi connectivity index (χ1) is 16.9. The van der Waals surface area contributed by atoms with Gasteiger partial charge in [-0.3, -0.25) is 9.59 Å². The summed E-state index contributed by atoms with van der Waals surface area (Å²) < 4.78 is 14.6. The number of nitriles is 1. The molecule has 3 N–H and O–H groups in total. The van der Waals surface area contributed by atoms with E-state index >= 15 is 0 Å². The van der Waals surface area contributed by atoms with Crippen molar-refractivity contribution in [2.75, 3.05) is 12.3 Å². The molecule has 1 atom stereocenters. The van der Waals surface area contributed by atoms with Gasteiger partial charge in [0.25, 0.3) is 0 Å². The van der Waals surface area contributed by atoms with Gasteiger partial charge in [0.2, 0.25) is 11.8 Å². The average Bonchev–Trinajstić information content (AvgIpc) is 3.17. The van der Waals surface area contributed by atoms with E-state index in [1.54, 1.807) is 11.1 Å². The van der Waals surface area contributed by atoms with Gasteiger partial charge in [-0.2, -0.15) is 10.4 Å². The van der Waals surface area contributed by atoms with Gasteiger partial charge >= 0.3 is 0 Å². The molecule has 1 aliphatic rings. The minimum atomic E-state index is -0.380. The van der Waals surface area contributed by atoms with Gasteiger partial charge in [-0.25, -0.2) is 9.07 Å². The first-order valence-electron chi connectivity index (χ1n) is 11.2. The second-order valence-electron chi connectivity index (χ2n) is 8.25. The van der Waals surface area contributed by atoms with Crippen molar-refractivity contribution in [1.29, 1.82) is 5.26 Å².